The van der Waals surface area contributed by atoms with Gasteiger partial charge in [0.15, 0.2) is 5.16 Å². The molecule has 0 N–H and O–H groups in total. The molecule has 2 heterocycles. The van der Waals surface area contributed by atoms with Gasteiger partial charge < -0.3 is 18.8 Å². The monoisotopic (exact) mass is 474 g/mol. The molecule has 5 aromatic rings. The van der Waals surface area contributed by atoms with Gasteiger partial charge in [0.1, 0.15) is 23.9 Å². The molecule has 0 aliphatic carbocycles. The fourth-order valence-electron chi connectivity index (χ4n) is 3.80. The van der Waals surface area contributed by atoms with Crippen LogP contribution in [0.5, 0.6) is 17.2 Å². The summed E-state index contributed by atoms with van der Waals surface area (Å²) in [6.07, 6.45) is 0. The van der Waals surface area contributed by atoms with Crippen LogP contribution in [0.4, 0.5) is 0 Å². The van der Waals surface area contributed by atoms with Crippen LogP contribution in [-0.2, 0) is 6.54 Å². The zero-order valence-electron chi connectivity index (χ0n) is 19.2. The summed E-state index contributed by atoms with van der Waals surface area (Å²) in [6, 6.07) is 24.0. The Bertz CT molecular complexity index is 1380. The first-order valence-electron chi connectivity index (χ1n) is 11.1. The zero-order valence-corrected chi connectivity index (χ0v) is 20.0. The van der Waals surface area contributed by atoms with E-state index in [1.54, 1.807) is 18.9 Å². The molecule has 0 saturated carbocycles. The van der Waals surface area contributed by atoms with Crippen LogP contribution < -0.4 is 14.2 Å². The lowest BCUT2D eigenvalue weighted by Gasteiger charge is -2.08. The molecule has 0 bridgehead atoms. The van der Waals surface area contributed by atoms with E-state index < -0.39 is 0 Å². The van der Waals surface area contributed by atoms with Gasteiger partial charge in [0, 0.05) is 5.75 Å². The highest BCUT2D eigenvalue weighted by Crippen LogP contribution is 2.26. The molecular formula is C26H26N4O3S. The van der Waals surface area contributed by atoms with Crippen molar-refractivity contribution in [1.29, 1.82) is 0 Å². The van der Waals surface area contributed by atoms with Crippen LogP contribution in [0.25, 0.3) is 16.8 Å². The molecule has 8 heteroatoms. The number of hydrogen-bond acceptors (Lipinski definition) is 6. The number of aryl methyl sites for hydroxylation is 1. The maximum Gasteiger partial charge on any atom is 0.237 e. The average Bonchev–Trinajstić information content (AvgIpc) is 3.42. The van der Waals surface area contributed by atoms with Gasteiger partial charge in [-0.2, -0.15) is 0 Å². The highest BCUT2D eigenvalue weighted by atomic mass is 32.2. The van der Waals surface area contributed by atoms with E-state index in [1.807, 2.05) is 48.5 Å². The number of aromatic nitrogens is 4. The van der Waals surface area contributed by atoms with Gasteiger partial charge in [-0.1, -0.05) is 41.6 Å². The highest BCUT2D eigenvalue weighted by Gasteiger charge is 2.17. The lowest BCUT2D eigenvalue weighted by Crippen LogP contribution is -2.08. The summed E-state index contributed by atoms with van der Waals surface area (Å²) in [5.74, 6) is 4.06. The van der Waals surface area contributed by atoms with Gasteiger partial charge in [-0.25, -0.2) is 0 Å². The first-order valence-corrected chi connectivity index (χ1v) is 12.1. The van der Waals surface area contributed by atoms with Gasteiger partial charge >= 0.3 is 0 Å². The van der Waals surface area contributed by atoms with Crippen molar-refractivity contribution >= 4 is 28.6 Å². The van der Waals surface area contributed by atoms with Crippen molar-refractivity contribution < 1.29 is 14.2 Å². The van der Waals surface area contributed by atoms with Gasteiger partial charge in [0.2, 0.25) is 5.78 Å². The normalized spacial score (nSPS) is 11.2. The summed E-state index contributed by atoms with van der Waals surface area (Å²) in [7, 11) is 1.65. The molecule has 7 nitrogen and oxygen atoms in total. The Morgan fingerprint density at radius 2 is 1.41 bits per heavy atom. The molecule has 0 fully saturated rings. The molecule has 0 spiro atoms. The van der Waals surface area contributed by atoms with Crippen LogP contribution >= 0.6 is 11.8 Å². The smallest absolute Gasteiger partial charge is 0.237 e. The number of rotatable bonds is 10. The molecule has 0 aliphatic rings. The predicted octanol–water partition coefficient (Wildman–Crippen LogP) is 5.25. The Labute approximate surface area is 202 Å². The van der Waals surface area contributed by atoms with Crippen LogP contribution in [0.3, 0.4) is 0 Å². The molecule has 0 saturated heterocycles. The number of imidazole rings is 1. The third-order valence-electron chi connectivity index (χ3n) is 5.52. The topological polar surface area (TPSA) is 62.8 Å². The van der Waals surface area contributed by atoms with Crippen molar-refractivity contribution in [2.24, 2.45) is 0 Å². The second-order valence-electron chi connectivity index (χ2n) is 7.79. The largest absolute Gasteiger partial charge is 0.497 e. The van der Waals surface area contributed by atoms with Crippen molar-refractivity contribution in [2.75, 3.05) is 26.1 Å². The van der Waals surface area contributed by atoms with E-state index in [0.717, 1.165) is 45.0 Å². The number of benzene rings is 3. The number of methoxy groups -OCH3 is 1. The van der Waals surface area contributed by atoms with E-state index in [1.165, 1.54) is 5.56 Å². The molecule has 5 rings (SSSR count). The minimum absolute atomic E-state index is 0.544. The van der Waals surface area contributed by atoms with Crippen molar-refractivity contribution in [3.05, 3.63) is 78.4 Å². The number of hydrogen-bond donors (Lipinski definition) is 0. The molecule has 3 aromatic carbocycles. The van der Waals surface area contributed by atoms with E-state index in [0.29, 0.717) is 19.8 Å². The fraction of sp³-hybridized carbons (Fsp3) is 0.231. The minimum Gasteiger partial charge on any atom is -0.497 e. The number of nitrogens with zero attached hydrogens (tertiary/aromatic N) is 4. The maximum absolute atomic E-state index is 5.97. The molecule has 0 radical (unpaired) electrons. The third-order valence-corrected chi connectivity index (χ3v) is 6.41. The highest BCUT2D eigenvalue weighted by molar-refractivity contribution is 7.99. The Morgan fingerprint density at radius 1 is 0.765 bits per heavy atom. The van der Waals surface area contributed by atoms with Crippen molar-refractivity contribution in [3.8, 4) is 17.2 Å². The number of ether oxygens (including phenoxy) is 3. The SMILES string of the molecule is COc1ccc(OCCSc2nnc3n(CCOc4ccc(C)cc4)c4ccccc4n23)cc1. The van der Waals surface area contributed by atoms with Gasteiger partial charge in [0.05, 0.1) is 31.3 Å². The summed E-state index contributed by atoms with van der Waals surface area (Å²) >= 11 is 1.63. The Kier molecular flexibility index (Phi) is 6.58. The third kappa shape index (κ3) is 4.68. The molecule has 34 heavy (non-hydrogen) atoms. The lowest BCUT2D eigenvalue weighted by molar-refractivity contribution is 0.301. The van der Waals surface area contributed by atoms with Gasteiger partial charge in [-0.05, 0) is 55.5 Å². The summed E-state index contributed by atoms with van der Waals surface area (Å²) < 4.78 is 21.3. The standard InChI is InChI=1S/C26H26N4O3S/c1-19-7-9-21(10-8-19)32-16-15-29-23-5-3-4-6-24(23)30-25(29)27-28-26(30)34-18-17-33-22-13-11-20(31-2)12-14-22/h3-14H,15-18H2,1-2H3. The molecule has 0 amide bonds. The molecular weight excluding hydrogens is 448 g/mol. The summed E-state index contributed by atoms with van der Waals surface area (Å²) in [4.78, 5) is 0. The van der Waals surface area contributed by atoms with Crippen molar-refractivity contribution in [2.45, 2.75) is 18.6 Å². The molecule has 0 atom stereocenters. The molecule has 2 aromatic heterocycles. The van der Waals surface area contributed by atoms with Crippen LogP contribution in [-0.4, -0.2) is 45.2 Å². The second kappa shape index (κ2) is 10.1. The maximum atomic E-state index is 5.97. The molecule has 174 valence electrons. The fourth-order valence-corrected chi connectivity index (χ4v) is 4.56. The van der Waals surface area contributed by atoms with Crippen molar-refractivity contribution in [3.63, 3.8) is 0 Å². The Balaban J connectivity index is 1.27. The minimum atomic E-state index is 0.544. The van der Waals surface area contributed by atoms with E-state index in [4.69, 9.17) is 14.2 Å². The van der Waals surface area contributed by atoms with Crippen LogP contribution in [0.2, 0.25) is 0 Å². The first kappa shape index (κ1) is 22.2. The number of para-hydroxylation sites is 2. The van der Waals surface area contributed by atoms with Crippen LogP contribution in [0.1, 0.15) is 5.56 Å². The quantitative estimate of drug-likeness (QED) is 0.203. The second-order valence-corrected chi connectivity index (χ2v) is 8.85. The Hall–Kier alpha value is -3.65. The van der Waals surface area contributed by atoms with Crippen molar-refractivity contribution in [1.82, 2.24) is 19.2 Å². The van der Waals surface area contributed by atoms with Gasteiger partial charge in [0.25, 0.3) is 0 Å². The van der Waals surface area contributed by atoms with E-state index >= 15 is 0 Å². The van der Waals surface area contributed by atoms with Crippen LogP contribution in [0, 0.1) is 6.92 Å². The van der Waals surface area contributed by atoms with E-state index in [2.05, 4.69) is 50.4 Å². The average molecular weight is 475 g/mol. The Morgan fingerprint density at radius 3 is 2.15 bits per heavy atom. The summed E-state index contributed by atoms with van der Waals surface area (Å²) in [5.41, 5.74) is 3.40. The van der Waals surface area contributed by atoms with Gasteiger partial charge in [-0.15, -0.1) is 10.2 Å². The molecule has 0 aliphatic heterocycles. The lowest BCUT2D eigenvalue weighted by atomic mass is 10.2. The predicted molar refractivity (Wildman–Crippen MR) is 134 cm³/mol. The zero-order chi connectivity index (χ0) is 23.3. The van der Waals surface area contributed by atoms with E-state index in [9.17, 15) is 0 Å². The summed E-state index contributed by atoms with van der Waals surface area (Å²) in [5, 5.41) is 9.80. The first-order chi connectivity index (χ1) is 16.7. The summed E-state index contributed by atoms with van der Waals surface area (Å²) in [6.45, 7) is 3.85. The van der Waals surface area contributed by atoms with E-state index in [-0.39, 0.29) is 0 Å². The van der Waals surface area contributed by atoms with Crippen LogP contribution in [0.15, 0.2) is 78.0 Å². The van der Waals surface area contributed by atoms with Gasteiger partial charge in [-0.3, -0.25) is 4.40 Å². The molecule has 0 unspecified atom stereocenters. The number of fused-ring (bicyclic) bond motifs is 3. The number of thioether (sulfide) groups is 1.